The van der Waals surface area contributed by atoms with Crippen LogP contribution in [-0.2, 0) is 21.8 Å². The van der Waals surface area contributed by atoms with Gasteiger partial charge in [0.2, 0.25) is 10.0 Å². The number of hydrogen-bond acceptors (Lipinski definition) is 7. The van der Waals surface area contributed by atoms with E-state index < -0.39 is 10.0 Å². The zero-order valence-electron chi connectivity index (χ0n) is 21.4. The molecule has 1 fully saturated rings. The van der Waals surface area contributed by atoms with E-state index >= 15 is 0 Å². The summed E-state index contributed by atoms with van der Waals surface area (Å²) in [6.45, 7) is 2.71. The highest BCUT2D eigenvalue weighted by atomic mass is 32.2. The molecule has 0 spiro atoms. The van der Waals surface area contributed by atoms with Gasteiger partial charge in [0.1, 0.15) is 23.4 Å². The first-order valence-corrected chi connectivity index (χ1v) is 13.8. The van der Waals surface area contributed by atoms with E-state index in [0.29, 0.717) is 53.4 Å². The Hall–Kier alpha value is -3.57. The maximum Gasteiger partial charge on any atom is 0.257 e. The molecule has 2 aromatic carbocycles. The lowest BCUT2D eigenvalue weighted by molar-refractivity contribution is 0.0915. The number of aromatic nitrogens is 2. The normalized spacial score (nSPS) is 14.2. The number of nitrogens with zero attached hydrogens (tertiary/aromatic N) is 3. The molecule has 0 saturated heterocycles. The summed E-state index contributed by atoms with van der Waals surface area (Å²) >= 11 is 0. The van der Waals surface area contributed by atoms with E-state index in [9.17, 15) is 13.2 Å². The van der Waals surface area contributed by atoms with Crippen molar-refractivity contribution in [2.24, 2.45) is 13.0 Å². The number of amides is 1. The highest BCUT2D eigenvalue weighted by Crippen LogP contribution is 2.34. The molecule has 4 rings (SSSR count). The number of aryl methyl sites for hydroxylation is 1. The fraction of sp³-hybridized carbons (Fsp3) is 0.385. The molecule has 1 heterocycles. The van der Waals surface area contributed by atoms with E-state index in [-0.39, 0.29) is 12.0 Å². The number of anilines is 2. The molecule has 1 aliphatic rings. The third-order valence-electron chi connectivity index (χ3n) is 5.72. The summed E-state index contributed by atoms with van der Waals surface area (Å²) in [7, 11) is -0.0404. The second-order valence-electron chi connectivity index (χ2n) is 9.24. The van der Waals surface area contributed by atoms with Crippen LogP contribution in [0.1, 0.15) is 30.1 Å². The molecule has 198 valence electrons. The van der Waals surface area contributed by atoms with Crippen LogP contribution in [-0.4, -0.2) is 56.7 Å². The minimum atomic E-state index is -3.39. The fourth-order valence-electron chi connectivity index (χ4n) is 3.78. The maximum atomic E-state index is 12.9. The molecule has 1 aromatic heterocycles. The van der Waals surface area contributed by atoms with Gasteiger partial charge in [0.15, 0.2) is 5.82 Å². The van der Waals surface area contributed by atoms with Crippen LogP contribution < -0.4 is 19.1 Å². The predicted molar refractivity (Wildman–Crippen MR) is 141 cm³/mol. The van der Waals surface area contributed by atoms with Gasteiger partial charge in [0, 0.05) is 44.6 Å². The summed E-state index contributed by atoms with van der Waals surface area (Å²) in [6, 6.07) is 13.5. The third kappa shape index (κ3) is 7.46. The summed E-state index contributed by atoms with van der Waals surface area (Å²) in [5.74, 6) is 1.78. The molecule has 1 aliphatic carbocycles. The monoisotopic (exact) mass is 528 g/mol. The highest BCUT2D eigenvalue weighted by Gasteiger charge is 2.28. The molecule has 10 nitrogen and oxygen atoms in total. The topological polar surface area (TPSA) is 112 Å². The number of nitrogens with one attached hydrogen (secondary N) is 1. The van der Waals surface area contributed by atoms with Crippen molar-refractivity contribution in [3.63, 3.8) is 0 Å². The van der Waals surface area contributed by atoms with Gasteiger partial charge in [-0.3, -0.25) is 13.8 Å². The van der Waals surface area contributed by atoms with Crippen LogP contribution in [0, 0.1) is 5.92 Å². The van der Waals surface area contributed by atoms with Gasteiger partial charge in [-0.25, -0.2) is 8.42 Å². The Balaban J connectivity index is 1.56. The highest BCUT2D eigenvalue weighted by molar-refractivity contribution is 7.92. The molecule has 1 saturated carbocycles. The number of carbonyl (C=O) groups excluding carboxylic acids is 1. The Kier molecular flexibility index (Phi) is 8.03. The summed E-state index contributed by atoms with van der Waals surface area (Å²) in [5, 5.41) is 6.94. The summed E-state index contributed by atoms with van der Waals surface area (Å²) < 4.78 is 44.8. The SMILES string of the molecule is COC[C@H](C)Oc1cc(Oc2ccc(N(CC3CC3)S(C)(=O)=O)cc2)cc(C(=O)Nc2ccn(C)n2)c1. The van der Waals surface area contributed by atoms with E-state index in [1.807, 2.05) is 6.92 Å². The van der Waals surface area contributed by atoms with Crippen LogP contribution in [0.2, 0.25) is 0 Å². The fourth-order valence-corrected chi connectivity index (χ4v) is 4.77. The molecule has 0 bridgehead atoms. The second kappa shape index (κ2) is 11.2. The average molecular weight is 529 g/mol. The van der Waals surface area contributed by atoms with Crippen LogP contribution in [0.15, 0.2) is 54.7 Å². The minimum Gasteiger partial charge on any atom is -0.488 e. The van der Waals surface area contributed by atoms with Crippen LogP contribution in [0.3, 0.4) is 0 Å². The molecule has 37 heavy (non-hydrogen) atoms. The standard InChI is InChI=1S/C26H32N4O6S/c1-18(17-34-3)35-23-13-20(26(31)27-25-11-12-29(2)28-25)14-24(15-23)36-22-9-7-21(8-10-22)30(37(4,32)33)16-19-5-6-19/h7-15,18-19H,5-6,16-17H2,1-4H3,(H,27,28,31)/t18-/m0/s1. The van der Waals surface area contributed by atoms with Crippen molar-refractivity contribution in [1.82, 2.24) is 9.78 Å². The van der Waals surface area contributed by atoms with Gasteiger partial charge in [-0.05, 0) is 62.1 Å². The maximum absolute atomic E-state index is 12.9. The quantitative estimate of drug-likeness (QED) is 0.377. The number of rotatable bonds is 12. The number of hydrogen-bond donors (Lipinski definition) is 1. The average Bonchev–Trinajstić information content (AvgIpc) is 3.57. The molecule has 0 radical (unpaired) electrons. The molecular formula is C26H32N4O6S. The molecule has 3 aromatic rings. The van der Waals surface area contributed by atoms with Crippen molar-refractivity contribution in [2.75, 3.05) is 36.1 Å². The van der Waals surface area contributed by atoms with Crippen molar-refractivity contribution in [2.45, 2.75) is 25.9 Å². The van der Waals surface area contributed by atoms with Gasteiger partial charge < -0.3 is 19.5 Å². The minimum absolute atomic E-state index is 0.250. The molecular weight excluding hydrogens is 496 g/mol. The summed E-state index contributed by atoms with van der Waals surface area (Å²) in [6.07, 6.45) is 4.79. The Bertz CT molecular complexity index is 1340. The van der Waals surface area contributed by atoms with Crippen molar-refractivity contribution in [3.8, 4) is 17.2 Å². The first kappa shape index (κ1) is 26.5. The first-order valence-electron chi connectivity index (χ1n) is 12.0. The van der Waals surface area contributed by atoms with Gasteiger partial charge >= 0.3 is 0 Å². The number of methoxy groups -OCH3 is 1. The van der Waals surface area contributed by atoms with Gasteiger partial charge in [-0.1, -0.05) is 0 Å². The molecule has 0 unspecified atom stereocenters. The van der Waals surface area contributed by atoms with Gasteiger partial charge in [-0.2, -0.15) is 5.10 Å². The predicted octanol–water partition coefficient (Wildman–Crippen LogP) is 4.05. The van der Waals surface area contributed by atoms with E-state index in [1.54, 1.807) is 73.6 Å². The van der Waals surface area contributed by atoms with E-state index in [2.05, 4.69) is 10.4 Å². The number of ether oxygens (including phenoxy) is 3. The Morgan fingerprint density at radius 1 is 1.14 bits per heavy atom. The van der Waals surface area contributed by atoms with Crippen LogP contribution in [0.25, 0.3) is 0 Å². The number of benzene rings is 2. The third-order valence-corrected chi connectivity index (χ3v) is 6.88. The molecule has 0 aliphatic heterocycles. The van der Waals surface area contributed by atoms with Crippen LogP contribution in [0.4, 0.5) is 11.5 Å². The van der Waals surface area contributed by atoms with Crippen LogP contribution in [0.5, 0.6) is 17.2 Å². The second-order valence-corrected chi connectivity index (χ2v) is 11.1. The van der Waals surface area contributed by atoms with Crippen molar-refractivity contribution >= 4 is 27.4 Å². The van der Waals surface area contributed by atoms with E-state index in [1.165, 1.54) is 10.6 Å². The van der Waals surface area contributed by atoms with E-state index in [4.69, 9.17) is 14.2 Å². The lowest BCUT2D eigenvalue weighted by Gasteiger charge is -2.22. The Morgan fingerprint density at radius 3 is 2.43 bits per heavy atom. The van der Waals surface area contributed by atoms with Crippen LogP contribution >= 0.6 is 0 Å². The number of sulfonamides is 1. The lowest BCUT2D eigenvalue weighted by atomic mass is 10.2. The molecule has 11 heteroatoms. The van der Waals surface area contributed by atoms with Gasteiger partial charge in [-0.15, -0.1) is 0 Å². The molecule has 1 amide bonds. The molecule has 1 atom stereocenters. The summed E-state index contributed by atoms with van der Waals surface area (Å²) in [4.78, 5) is 12.9. The number of carbonyl (C=O) groups is 1. The van der Waals surface area contributed by atoms with Gasteiger partial charge in [0.05, 0.1) is 18.6 Å². The Labute approximate surface area is 217 Å². The molecule has 1 N–H and O–H groups in total. The summed E-state index contributed by atoms with van der Waals surface area (Å²) in [5.41, 5.74) is 0.912. The van der Waals surface area contributed by atoms with Crippen molar-refractivity contribution in [3.05, 3.63) is 60.3 Å². The largest absolute Gasteiger partial charge is 0.488 e. The zero-order chi connectivity index (χ0) is 26.6. The van der Waals surface area contributed by atoms with Gasteiger partial charge in [0.25, 0.3) is 5.91 Å². The van der Waals surface area contributed by atoms with Crippen molar-refractivity contribution < 1.29 is 27.4 Å². The van der Waals surface area contributed by atoms with Crippen molar-refractivity contribution in [1.29, 1.82) is 0 Å². The smallest absolute Gasteiger partial charge is 0.257 e. The zero-order valence-corrected chi connectivity index (χ0v) is 22.2. The van der Waals surface area contributed by atoms with E-state index in [0.717, 1.165) is 12.8 Å². The lowest BCUT2D eigenvalue weighted by Crippen LogP contribution is -2.31. The first-order chi connectivity index (χ1) is 17.6. The Morgan fingerprint density at radius 2 is 1.84 bits per heavy atom.